The molecule has 6 aliphatic heterocycles. The molecule has 6 heterocycles. The molecule has 6 aliphatic rings. The molecule has 32 atom stereocenters. The number of unbranched alkanes of at least 4 members (excludes halogenated alkanes) is 25. The number of hydrogen-bond acceptors (Lipinski definition) is 32. The molecule has 0 saturated carbocycles. The summed E-state index contributed by atoms with van der Waals surface area (Å²) in [5.74, 6) is -1.23. The maximum absolute atomic E-state index is 13.5. The highest BCUT2D eigenvalue weighted by atomic mass is 16.8. The highest BCUT2D eigenvalue weighted by molar-refractivity contribution is 5.76. The summed E-state index contributed by atoms with van der Waals surface area (Å²) in [6.07, 6.45) is -22.6. The first-order valence-electron chi connectivity index (χ1n) is 39.8. The van der Waals surface area contributed by atoms with Crippen molar-refractivity contribution in [2.45, 2.75) is 404 Å². The average molecular weight is 1560 g/mol. The predicted octanol–water partition coefficient (Wildman–Crippen LogP) is -1.54. The van der Waals surface area contributed by atoms with Gasteiger partial charge in [-0.3, -0.25) is 9.59 Å². The Hall–Kier alpha value is -2.52. The maximum Gasteiger partial charge on any atom is 0.220 e. The lowest BCUT2D eigenvalue weighted by Crippen LogP contribution is -2.71. The lowest BCUT2D eigenvalue weighted by atomic mass is 9.93. The standard InChI is InChI=1S/C74H134N2O32/c1-5-7-9-11-13-15-17-19-20-22-24-26-28-30-32-34-50(84)76-43(44(83)33-31-29-27-25-23-21-18-16-14-12-10-8-6-2)40-97-70-61(94)58(91)64(48(38-80)103-70)104-73-63(96)68(55(88)47(37-79)100-73)108-74-62(95)67(54(87)46(36-78)101-74)107-69-51(75-42(4)82)66(106-71-59(92)56(89)52(85)41(3)98-71)65(49(39-81)102-69)105-72-60(93)57(90)53(86)45(35-77)99-72/h31,33,41,43-49,51-74,77-81,83,85-96H,5-30,32,34-40H2,1-4H3,(H,75,82)(H,76,84)/b33-31+/t41?,43-,44+,45?,46?,47?,48?,49?,51?,52+,53-,54-,55-,56?,57-,58+,59-,60?,61?,62?,63?,64+,65+,66+,67-,68-,69-,70+,71+,72-,73-,74+/m0/s1. The van der Waals surface area contributed by atoms with E-state index >= 15 is 0 Å². The molecule has 34 nitrogen and oxygen atoms in total. The number of carbonyl (C=O) groups is 2. The Balaban J connectivity index is 1.12. The fourth-order valence-corrected chi connectivity index (χ4v) is 14.6. The fraction of sp³-hybridized carbons (Fsp3) is 0.946. The molecule has 34 heteroatoms. The van der Waals surface area contributed by atoms with Crippen molar-refractivity contribution in [2.24, 2.45) is 0 Å². The number of nitrogens with one attached hydrogen (secondary N) is 2. The molecule has 6 saturated heterocycles. The van der Waals surface area contributed by atoms with Gasteiger partial charge in [-0.1, -0.05) is 180 Å². The SMILES string of the molecule is CCCCCCCCCCCCC/C=C/[C@@H](O)[C@H](CO[C@@H]1OC(CO)[C@@H](O[C@@H]2OC(CO)[C@H](O)[C@H](O[C@H]3OC(CO)[C@H](O)[C@H](O[C@@H]4OC(CO)[C@@H](O[C@@H]5OC(CO)[C@H](O)[C@H](O)C5O)[C@H](O[C@H]5OC(C)[C@@H](O)C(O)[C@@H]5O)C4NC(C)=O)C3O)C2O)[C@H](O)C1O)NC(=O)CCCCCCCCCCCCCCCCC. The number of rotatable bonds is 50. The maximum atomic E-state index is 13.5. The van der Waals surface area contributed by atoms with E-state index in [2.05, 4.69) is 24.5 Å². The van der Waals surface area contributed by atoms with Gasteiger partial charge < -0.3 is 159 Å². The first-order chi connectivity index (χ1) is 51.9. The molecule has 12 unspecified atom stereocenters. The van der Waals surface area contributed by atoms with E-state index in [1.165, 1.54) is 116 Å². The predicted molar refractivity (Wildman–Crippen MR) is 381 cm³/mol. The van der Waals surface area contributed by atoms with Crippen molar-refractivity contribution in [3.63, 3.8) is 0 Å². The van der Waals surface area contributed by atoms with Crippen LogP contribution in [-0.2, 0) is 66.4 Å². The first-order valence-corrected chi connectivity index (χ1v) is 39.8. The van der Waals surface area contributed by atoms with Gasteiger partial charge in [0, 0.05) is 13.3 Å². The third-order valence-corrected chi connectivity index (χ3v) is 21.3. The summed E-state index contributed by atoms with van der Waals surface area (Å²) >= 11 is 0. The van der Waals surface area contributed by atoms with Gasteiger partial charge in [0.2, 0.25) is 11.8 Å². The van der Waals surface area contributed by atoms with Crippen LogP contribution in [0.2, 0.25) is 0 Å². The van der Waals surface area contributed by atoms with Crippen LogP contribution in [0.3, 0.4) is 0 Å². The van der Waals surface area contributed by atoms with Crippen LogP contribution in [0.4, 0.5) is 0 Å². The van der Waals surface area contributed by atoms with Crippen molar-refractivity contribution in [3.8, 4) is 0 Å². The first kappa shape index (κ1) is 94.3. The van der Waals surface area contributed by atoms with Gasteiger partial charge in [0.1, 0.15) is 140 Å². The zero-order chi connectivity index (χ0) is 79.0. The Labute approximate surface area is 634 Å². The van der Waals surface area contributed by atoms with Crippen LogP contribution in [0.1, 0.15) is 207 Å². The summed E-state index contributed by atoms with van der Waals surface area (Å²) in [7, 11) is 0. The van der Waals surface area contributed by atoms with Crippen molar-refractivity contribution < 1.29 is 158 Å². The van der Waals surface area contributed by atoms with E-state index in [0.29, 0.717) is 12.8 Å². The largest absolute Gasteiger partial charge is 0.394 e. The highest BCUT2D eigenvalue weighted by Crippen LogP contribution is 2.39. The summed E-state index contributed by atoms with van der Waals surface area (Å²) in [5.41, 5.74) is 0. The summed E-state index contributed by atoms with van der Waals surface area (Å²) in [6, 6.07) is -2.91. The molecule has 0 radical (unpaired) electrons. The van der Waals surface area contributed by atoms with E-state index < -0.39 is 242 Å². The van der Waals surface area contributed by atoms with E-state index in [1.807, 2.05) is 6.08 Å². The quantitative estimate of drug-likeness (QED) is 0.0242. The van der Waals surface area contributed by atoms with Crippen LogP contribution in [0, 0.1) is 0 Å². The molecule has 6 fully saturated rings. The molecule has 20 N–H and O–H groups in total. The highest BCUT2D eigenvalue weighted by Gasteiger charge is 2.59. The Morgan fingerprint density at radius 2 is 0.741 bits per heavy atom. The van der Waals surface area contributed by atoms with Crippen LogP contribution >= 0.6 is 0 Å². The average Bonchev–Trinajstić information content (AvgIpc) is 0.760. The van der Waals surface area contributed by atoms with Gasteiger partial charge in [-0.25, -0.2) is 0 Å². The fourth-order valence-electron chi connectivity index (χ4n) is 14.6. The molecular formula is C74H134N2O32. The molecule has 0 spiro atoms. The lowest BCUT2D eigenvalue weighted by molar-refractivity contribution is -0.396. The summed E-state index contributed by atoms with van der Waals surface area (Å²) in [6.45, 7) is 1.27. The van der Waals surface area contributed by atoms with Crippen LogP contribution in [0.15, 0.2) is 12.2 Å². The van der Waals surface area contributed by atoms with Gasteiger partial charge in [-0.15, -0.1) is 0 Å². The van der Waals surface area contributed by atoms with E-state index in [-0.39, 0.29) is 12.3 Å². The van der Waals surface area contributed by atoms with Crippen molar-refractivity contribution in [3.05, 3.63) is 12.2 Å². The van der Waals surface area contributed by atoms with Gasteiger partial charge in [0.25, 0.3) is 0 Å². The minimum atomic E-state index is -2.31. The van der Waals surface area contributed by atoms with Gasteiger partial charge in [-0.05, 0) is 26.2 Å². The molecule has 6 rings (SSSR count). The Kier molecular flexibility index (Phi) is 43.7. The molecule has 0 aromatic carbocycles. The molecule has 0 aromatic rings. The molecule has 0 bridgehead atoms. The normalized spacial score (nSPS) is 38.2. The summed E-state index contributed by atoms with van der Waals surface area (Å²) < 4.78 is 71.4. The number of aliphatic hydroxyl groups is 18. The Morgan fingerprint density at radius 3 is 1.21 bits per heavy atom. The van der Waals surface area contributed by atoms with Crippen molar-refractivity contribution >= 4 is 11.8 Å². The van der Waals surface area contributed by atoms with Crippen LogP contribution < -0.4 is 10.6 Å². The smallest absolute Gasteiger partial charge is 0.220 e. The summed E-state index contributed by atoms with van der Waals surface area (Å²) in [5, 5.41) is 205. The molecular weight excluding hydrogens is 1430 g/mol. The second-order valence-corrected chi connectivity index (χ2v) is 29.9. The zero-order valence-corrected chi connectivity index (χ0v) is 63.4. The van der Waals surface area contributed by atoms with Gasteiger partial charge in [-0.2, -0.15) is 0 Å². The van der Waals surface area contributed by atoms with Crippen molar-refractivity contribution in [2.75, 3.05) is 39.6 Å². The lowest BCUT2D eigenvalue weighted by Gasteiger charge is -2.51. The number of carbonyl (C=O) groups excluding carboxylic acids is 2. The van der Waals surface area contributed by atoms with Gasteiger partial charge >= 0.3 is 0 Å². The van der Waals surface area contributed by atoms with Gasteiger partial charge in [0.15, 0.2) is 37.7 Å². The minimum Gasteiger partial charge on any atom is -0.394 e. The number of aliphatic hydroxyl groups excluding tert-OH is 18. The molecule has 0 aliphatic carbocycles. The number of hydrogen-bond donors (Lipinski definition) is 20. The third-order valence-electron chi connectivity index (χ3n) is 21.3. The molecule has 0 aromatic heterocycles. The summed E-state index contributed by atoms with van der Waals surface area (Å²) in [4.78, 5) is 26.7. The van der Waals surface area contributed by atoms with Crippen molar-refractivity contribution in [1.82, 2.24) is 10.6 Å². The van der Waals surface area contributed by atoms with E-state index in [1.54, 1.807) is 6.08 Å². The Morgan fingerprint density at radius 1 is 0.380 bits per heavy atom. The van der Waals surface area contributed by atoms with Crippen LogP contribution in [0.25, 0.3) is 0 Å². The number of allylic oxidation sites excluding steroid dienone is 1. The number of ether oxygens (including phenoxy) is 12. The monoisotopic (exact) mass is 1560 g/mol. The topological polar surface area (TPSA) is 533 Å². The van der Waals surface area contributed by atoms with E-state index in [4.69, 9.17) is 56.8 Å². The van der Waals surface area contributed by atoms with E-state index in [9.17, 15) is 102 Å². The van der Waals surface area contributed by atoms with Crippen LogP contribution in [0.5, 0.6) is 0 Å². The molecule has 632 valence electrons. The van der Waals surface area contributed by atoms with Crippen LogP contribution in [-0.4, -0.2) is 340 Å². The van der Waals surface area contributed by atoms with Gasteiger partial charge in [0.05, 0.1) is 57.9 Å². The third kappa shape index (κ3) is 28.2. The Bertz CT molecular complexity index is 2450. The molecule has 2 amide bonds. The zero-order valence-electron chi connectivity index (χ0n) is 63.4. The molecule has 108 heavy (non-hydrogen) atoms. The van der Waals surface area contributed by atoms with E-state index in [0.717, 1.165) is 58.3 Å². The second kappa shape index (κ2) is 50.1. The number of amides is 2. The second-order valence-electron chi connectivity index (χ2n) is 29.9. The van der Waals surface area contributed by atoms with Crippen molar-refractivity contribution in [1.29, 1.82) is 0 Å². The minimum absolute atomic E-state index is 0.175.